The summed E-state index contributed by atoms with van der Waals surface area (Å²) >= 11 is 0. The number of aryl methyl sites for hydroxylation is 4. The number of rotatable bonds is 17. The number of aromatic nitrogens is 4. The molecule has 3 aromatic rings. The van der Waals surface area contributed by atoms with E-state index in [0.717, 1.165) is 62.0 Å². The molecule has 0 radical (unpaired) electrons. The van der Waals surface area contributed by atoms with Gasteiger partial charge in [0.2, 0.25) is 5.95 Å². The molecule has 258 valence electrons. The van der Waals surface area contributed by atoms with Gasteiger partial charge in [0.15, 0.2) is 5.75 Å². The van der Waals surface area contributed by atoms with E-state index >= 15 is 0 Å². The van der Waals surface area contributed by atoms with E-state index in [4.69, 9.17) is 18.9 Å². The first-order valence-electron chi connectivity index (χ1n) is 17.3. The molecule has 0 unspecified atom stereocenters. The Morgan fingerprint density at radius 1 is 0.936 bits per heavy atom. The number of benzene rings is 1. The molecule has 0 amide bonds. The summed E-state index contributed by atoms with van der Waals surface area (Å²) in [6.07, 6.45) is 10.1. The van der Waals surface area contributed by atoms with E-state index in [1.54, 1.807) is 6.92 Å². The van der Waals surface area contributed by atoms with Crippen LogP contribution in [-0.2, 0) is 35.2 Å². The van der Waals surface area contributed by atoms with E-state index in [9.17, 15) is 9.59 Å². The lowest BCUT2D eigenvalue weighted by Crippen LogP contribution is -2.44. The number of carbonyl (C=O) groups excluding carboxylic acids is 1. The van der Waals surface area contributed by atoms with Gasteiger partial charge in [0.05, 0.1) is 37.7 Å². The van der Waals surface area contributed by atoms with Gasteiger partial charge in [0.1, 0.15) is 11.6 Å². The van der Waals surface area contributed by atoms with Crippen LogP contribution in [0.5, 0.6) is 11.5 Å². The molecular formula is C37H56N4O5Si. The van der Waals surface area contributed by atoms with Gasteiger partial charge in [0, 0.05) is 12.0 Å². The highest BCUT2D eigenvalue weighted by Crippen LogP contribution is 2.40. The monoisotopic (exact) mass is 664 g/mol. The minimum Gasteiger partial charge on any atom is -0.543 e. The molecule has 0 aliphatic rings. The van der Waals surface area contributed by atoms with Crippen LogP contribution < -0.4 is 14.7 Å². The number of hydrogen-bond acceptors (Lipinski definition) is 8. The molecule has 47 heavy (non-hydrogen) atoms. The van der Waals surface area contributed by atoms with Crippen molar-refractivity contribution >= 4 is 14.3 Å². The van der Waals surface area contributed by atoms with Gasteiger partial charge in [-0.15, -0.1) is 0 Å². The second-order valence-corrected chi connectivity index (χ2v) is 18.5. The third kappa shape index (κ3) is 9.98. The van der Waals surface area contributed by atoms with Gasteiger partial charge in [-0.2, -0.15) is 0 Å². The number of carbonyl (C=O) groups is 1. The van der Waals surface area contributed by atoms with Gasteiger partial charge in [-0.05, 0) is 74.4 Å². The highest BCUT2D eigenvalue weighted by atomic mass is 28.4. The van der Waals surface area contributed by atoms with Crippen LogP contribution in [0.1, 0.15) is 114 Å². The lowest BCUT2D eigenvalue weighted by Gasteiger charge is -2.38. The molecule has 0 saturated carbocycles. The van der Waals surface area contributed by atoms with Crippen LogP contribution in [0, 0.1) is 6.92 Å². The molecule has 0 aliphatic carbocycles. The maximum absolute atomic E-state index is 14.3. The first kappa shape index (κ1) is 37.9. The molecule has 9 nitrogen and oxygen atoms in total. The highest BCUT2D eigenvalue weighted by molar-refractivity contribution is 6.74. The Morgan fingerprint density at radius 2 is 1.55 bits per heavy atom. The Balaban J connectivity index is 2.06. The quantitative estimate of drug-likeness (QED) is 0.106. The average molecular weight is 665 g/mol. The van der Waals surface area contributed by atoms with E-state index in [2.05, 4.69) is 76.7 Å². The van der Waals surface area contributed by atoms with Crippen LogP contribution in [0.25, 0.3) is 5.95 Å². The van der Waals surface area contributed by atoms with Crippen molar-refractivity contribution in [1.82, 2.24) is 19.5 Å². The summed E-state index contributed by atoms with van der Waals surface area (Å²) in [6.45, 7) is 22.0. The normalized spacial score (nSPS) is 11.9. The zero-order chi connectivity index (χ0) is 34.8. The number of ether oxygens (including phenoxy) is 2. The van der Waals surface area contributed by atoms with Gasteiger partial charge in [-0.25, -0.2) is 19.5 Å². The molecular weight excluding hydrogens is 609 g/mol. The van der Waals surface area contributed by atoms with Crippen LogP contribution >= 0.6 is 0 Å². The van der Waals surface area contributed by atoms with Crippen molar-refractivity contribution in [2.24, 2.45) is 0 Å². The molecule has 0 fully saturated rings. The minimum atomic E-state index is -2.07. The summed E-state index contributed by atoms with van der Waals surface area (Å²) in [5.41, 5.74) is 4.88. The molecule has 2 heterocycles. The van der Waals surface area contributed by atoms with Gasteiger partial charge >= 0.3 is 5.97 Å². The average Bonchev–Trinajstić information content (AvgIpc) is 3.00. The van der Waals surface area contributed by atoms with Crippen LogP contribution in [0.4, 0.5) is 0 Å². The van der Waals surface area contributed by atoms with E-state index in [0.29, 0.717) is 30.2 Å². The topological polar surface area (TPSA) is 105 Å². The second-order valence-electron chi connectivity index (χ2n) is 13.7. The molecule has 0 spiro atoms. The van der Waals surface area contributed by atoms with Gasteiger partial charge < -0.3 is 13.9 Å². The molecule has 2 aromatic heterocycles. The van der Waals surface area contributed by atoms with Crippen LogP contribution in [-0.4, -0.2) is 47.0 Å². The van der Waals surface area contributed by atoms with E-state index in [1.807, 2.05) is 6.92 Å². The van der Waals surface area contributed by atoms with Crippen molar-refractivity contribution in [3.63, 3.8) is 0 Å². The smallest absolute Gasteiger partial charge is 0.309 e. The van der Waals surface area contributed by atoms with Crippen molar-refractivity contribution in [3.05, 3.63) is 68.7 Å². The van der Waals surface area contributed by atoms with Crippen molar-refractivity contribution in [2.45, 2.75) is 131 Å². The summed E-state index contributed by atoms with van der Waals surface area (Å²) in [6, 6.07) is 4.49. The third-order valence-electron chi connectivity index (χ3n) is 8.78. The molecule has 3 rings (SSSR count). The zero-order valence-corrected chi connectivity index (χ0v) is 31.4. The number of esters is 1. The summed E-state index contributed by atoms with van der Waals surface area (Å²) in [5.74, 6) is 1.90. The fourth-order valence-corrected chi connectivity index (χ4v) is 6.33. The Bertz CT molecular complexity index is 1520. The number of unbranched alkanes of at least 4 members (excludes halogenated alkanes) is 1. The minimum absolute atomic E-state index is 0.0838. The van der Waals surface area contributed by atoms with E-state index < -0.39 is 8.32 Å². The SMILES string of the molecule is CCCCc1nc(C)n(-c2ncc(OCCC(=O)OCC)cn2)c(=O)c1Cc1cc(CCC)c(O[Si](C)(C)C(C)(C)C)c(CCC)c1. The molecule has 1 aromatic carbocycles. The highest BCUT2D eigenvalue weighted by Gasteiger charge is 2.40. The summed E-state index contributed by atoms with van der Waals surface area (Å²) < 4.78 is 19.1. The number of hydrogen-bond donors (Lipinski definition) is 0. The van der Waals surface area contributed by atoms with Crippen LogP contribution in [0.15, 0.2) is 29.3 Å². The number of nitrogens with zero attached hydrogens (tertiary/aromatic N) is 4. The Kier molecular flexibility index (Phi) is 13.7. The summed E-state index contributed by atoms with van der Waals surface area (Å²) in [5, 5.41) is 0.0838. The largest absolute Gasteiger partial charge is 0.543 e. The van der Waals surface area contributed by atoms with Gasteiger partial charge in [0.25, 0.3) is 13.9 Å². The summed E-state index contributed by atoms with van der Waals surface area (Å²) in [7, 11) is -2.07. The van der Waals surface area contributed by atoms with Gasteiger partial charge in [-0.1, -0.05) is 72.9 Å². The Hall–Kier alpha value is -3.53. The summed E-state index contributed by atoms with van der Waals surface area (Å²) in [4.78, 5) is 39.8. The van der Waals surface area contributed by atoms with Crippen LogP contribution in [0.3, 0.4) is 0 Å². The first-order chi connectivity index (χ1) is 22.3. The Morgan fingerprint density at radius 3 is 2.09 bits per heavy atom. The predicted molar refractivity (Wildman–Crippen MR) is 191 cm³/mol. The van der Waals surface area contributed by atoms with Crippen molar-refractivity contribution < 1.29 is 18.7 Å². The van der Waals surface area contributed by atoms with Crippen molar-refractivity contribution in [2.75, 3.05) is 13.2 Å². The van der Waals surface area contributed by atoms with E-state index in [1.165, 1.54) is 28.1 Å². The fraction of sp³-hybridized carbons (Fsp3) is 0.595. The van der Waals surface area contributed by atoms with Gasteiger partial charge in [-0.3, -0.25) is 9.59 Å². The van der Waals surface area contributed by atoms with E-state index in [-0.39, 0.29) is 35.5 Å². The first-order valence-corrected chi connectivity index (χ1v) is 20.2. The Labute approximate surface area is 282 Å². The lowest BCUT2D eigenvalue weighted by molar-refractivity contribution is -0.143. The van der Waals surface area contributed by atoms with Crippen molar-refractivity contribution in [3.8, 4) is 17.4 Å². The molecule has 0 saturated heterocycles. The second kappa shape index (κ2) is 17.0. The third-order valence-corrected chi connectivity index (χ3v) is 13.1. The fourth-order valence-electron chi connectivity index (χ4n) is 5.25. The standard InChI is InChI=1S/C37H56N4O5Si/c1-11-15-18-32-31(23-27-21-28(16-12-2)34(29(22-27)17-13-3)46-47(9,10)37(6,7)8)35(43)41(26(5)40-32)36-38-24-30(25-39-36)45-20-19-33(42)44-14-4/h21-22,24-25H,11-20,23H2,1-10H3. The molecule has 0 aliphatic heterocycles. The maximum atomic E-state index is 14.3. The van der Waals surface area contributed by atoms with Crippen LogP contribution in [0.2, 0.25) is 18.1 Å². The lowest BCUT2D eigenvalue weighted by atomic mass is 9.94. The predicted octanol–water partition coefficient (Wildman–Crippen LogP) is 7.89. The zero-order valence-electron chi connectivity index (χ0n) is 30.4. The molecule has 0 N–H and O–H groups in total. The molecule has 0 atom stereocenters. The van der Waals surface area contributed by atoms with Crippen molar-refractivity contribution in [1.29, 1.82) is 0 Å². The molecule has 0 bridgehead atoms. The maximum Gasteiger partial charge on any atom is 0.309 e. The molecule has 10 heteroatoms.